The van der Waals surface area contributed by atoms with Gasteiger partial charge < -0.3 is 9.84 Å². The number of pyridine rings is 1. The van der Waals surface area contributed by atoms with Crippen LogP contribution in [0.25, 0.3) is 0 Å². The molecule has 3 heteroatoms. The van der Waals surface area contributed by atoms with Gasteiger partial charge in [0.05, 0.1) is 12.7 Å². The summed E-state index contributed by atoms with van der Waals surface area (Å²) < 4.78 is 5.23. The Labute approximate surface area is 78.4 Å². The van der Waals surface area contributed by atoms with E-state index in [4.69, 9.17) is 4.74 Å². The van der Waals surface area contributed by atoms with Crippen LogP contribution in [-0.2, 0) is 0 Å². The van der Waals surface area contributed by atoms with Gasteiger partial charge in [-0.2, -0.15) is 0 Å². The molecule has 0 aliphatic heterocycles. The molecule has 0 aliphatic rings. The summed E-state index contributed by atoms with van der Waals surface area (Å²) >= 11 is 0. The van der Waals surface area contributed by atoms with Crippen LogP contribution in [0.15, 0.2) is 12.1 Å². The van der Waals surface area contributed by atoms with Crippen molar-refractivity contribution in [3.8, 4) is 5.88 Å². The van der Waals surface area contributed by atoms with E-state index in [0.29, 0.717) is 12.5 Å². The molecule has 1 rings (SSSR count). The quantitative estimate of drug-likeness (QED) is 0.773. The standard InChI is InChI=1S/C10H15NO2/c1-4-13-10-6-5-9(8(3)12)7(2)11-10/h5-6,8,12H,4H2,1-3H3/t8-/m1/s1. The fourth-order valence-corrected chi connectivity index (χ4v) is 1.22. The van der Waals surface area contributed by atoms with E-state index in [9.17, 15) is 5.11 Å². The maximum atomic E-state index is 9.34. The molecule has 3 nitrogen and oxygen atoms in total. The van der Waals surface area contributed by atoms with Crippen LogP contribution in [0, 0.1) is 6.92 Å². The molecule has 0 spiro atoms. The topological polar surface area (TPSA) is 42.4 Å². The average molecular weight is 181 g/mol. The Morgan fingerprint density at radius 1 is 1.54 bits per heavy atom. The number of nitrogens with zero attached hydrogens (tertiary/aromatic N) is 1. The molecule has 0 saturated carbocycles. The Kier molecular flexibility index (Phi) is 3.25. The van der Waals surface area contributed by atoms with Gasteiger partial charge in [-0.25, -0.2) is 4.98 Å². The molecular weight excluding hydrogens is 166 g/mol. The van der Waals surface area contributed by atoms with E-state index in [1.165, 1.54) is 0 Å². The van der Waals surface area contributed by atoms with Gasteiger partial charge in [-0.3, -0.25) is 0 Å². The van der Waals surface area contributed by atoms with E-state index in [0.717, 1.165) is 11.3 Å². The summed E-state index contributed by atoms with van der Waals surface area (Å²) in [6.45, 7) is 6.12. The maximum absolute atomic E-state index is 9.34. The number of aromatic nitrogens is 1. The Morgan fingerprint density at radius 2 is 2.23 bits per heavy atom. The van der Waals surface area contributed by atoms with Gasteiger partial charge in [0, 0.05) is 17.3 Å². The highest BCUT2D eigenvalue weighted by Gasteiger charge is 2.06. The second kappa shape index (κ2) is 4.23. The van der Waals surface area contributed by atoms with E-state index in [2.05, 4.69) is 4.98 Å². The van der Waals surface area contributed by atoms with Crippen LogP contribution < -0.4 is 4.74 Å². The number of hydrogen-bond acceptors (Lipinski definition) is 3. The Bertz CT molecular complexity index is 284. The first-order valence-electron chi connectivity index (χ1n) is 4.43. The van der Waals surface area contributed by atoms with Crippen molar-refractivity contribution < 1.29 is 9.84 Å². The smallest absolute Gasteiger partial charge is 0.213 e. The first-order chi connectivity index (χ1) is 6.15. The molecule has 0 aliphatic carbocycles. The lowest BCUT2D eigenvalue weighted by Gasteiger charge is -2.09. The van der Waals surface area contributed by atoms with E-state index < -0.39 is 6.10 Å². The van der Waals surface area contributed by atoms with Crippen LogP contribution in [0.5, 0.6) is 5.88 Å². The van der Waals surface area contributed by atoms with Gasteiger partial charge in [0.15, 0.2) is 0 Å². The van der Waals surface area contributed by atoms with Crippen molar-refractivity contribution in [2.75, 3.05) is 6.61 Å². The van der Waals surface area contributed by atoms with Gasteiger partial charge in [0.25, 0.3) is 0 Å². The summed E-state index contributed by atoms with van der Waals surface area (Å²) in [5.41, 5.74) is 1.67. The van der Waals surface area contributed by atoms with Gasteiger partial charge in [-0.1, -0.05) is 0 Å². The predicted molar refractivity (Wildman–Crippen MR) is 50.8 cm³/mol. The van der Waals surface area contributed by atoms with Crippen molar-refractivity contribution in [3.05, 3.63) is 23.4 Å². The number of rotatable bonds is 3. The van der Waals surface area contributed by atoms with Crippen LogP contribution in [-0.4, -0.2) is 16.7 Å². The van der Waals surface area contributed by atoms with Crippen molar-refractivity contribution in [2.24, 2.45) is 0 Å². The Hall–Kier alpha value is -1.09. The van der Waals surface area contributed by atoms with Crippen LogP contribution in [0.2, 0.25) is 0 Å². The zero-order valence-electron chi connectivity index (χ0n) is 8.24. The molecule has 0 fully saturated rings. The normalized spacial score (nSPS) is 12.6. The number of aliphatic hydroxyl groups is 1. The molecule has 0 aromatic carbocycles. The summed E-state index contributed by atoms with van der Waals surface area (Å²) in [7, 11) is 0. The minimum absolute atomic E-state index is 0.469. The summed E-state index contributed by atoms with van der Waals surface area (Å²) in [5, 5.41) is 9.34. The highest BCUT2D eigenvalue weighted by atomic mass is 16.5. The molecule has 1 aromatic rings. The number of ether oxygens (including phenoxy) is 1. The molecule has 1 aromatic heterocycles. The number of hydrogen-bond donors (Lipinski definition) is 1. The first kappa shape index (κ1) is 9.99. The first-order valence-corrected chi connectivity index (χ1v) is 4.43. The molecule has 72 valence electrons. The van der Waals surface area contributed by atoms with E-state index >= 15 is 0 Å². The highest BCUT2D eigenvalue weighted by Crippen LogP contribution is 2.18. The molecule has 0 amide bonds. The third kappa shape index (κ3) is 2.42. The van der Waals surface area contributed by atoms with Gasteiger partial charge in [0.1, 0.15) is 0 Å². The van der Waals surface area contributed by atoms with Gasteiger partial charge in [-0.15, -0.1) is 0 Å². The summed E-state index contributed by atoms with van der Waals surface area (Å²) in [5.74, 6) is 0.615. The lowest BCUT2D eigenvalue weighted by atomic mass is 10.1. The SMILES string of the molecule is CCOc1ccc([C@@H](C)O)c(C)n1. The minimum atomic E-state index is -0.469. The third-order valence-electron chi connectivity index (χ3n) is 1.84. The predicted octanol–water partition coefficient (Wildman–Crippen LogP) is 1.84. The Balaban J connectivity index is 2.92. The number of aliphatic hydroxyl groups excluding tert-OH is 1. The minimum Gasteiger partial charge on any atom is -0.478 e. The molecular formula is C10H15NO2. The van der Waals surface area contributed by atoms with Crippen molar-refractivity contribution in [2.45, 2.75) is 26.9 Å². The van der Waals surface area contributed by atoms with E-state index in [-0.39, 0.29) is 0 Å². The summed E-state index contributed by atoms with van der Waals surface area (Å²) in [4.78, 5) is 4.20. The molecule has 0 saturated heterocycles. The third-order valence-corrected chi connectivity index (χ3v) is 1.84. The molecule has 1 heterocycles. The van der Waals surface area contributed by atoms with Crippen LogP contribution in [0.1, 0.15) is 31.2 Å². The summed E-state index contributed by atoms with van der Waals surface area (Å²) in [6, 6.07) is 3.62. The van der Waals surface area contributed by atoms with Crippen LogP contribution >= 0.6 is 0 Å². The van der Waals surface area contributed by atoms with Crippen molar-refractivity contribution >= 4 is 0 Å². The van der Waals surface area contributed by atoms with E-state index in [1.54, 1.807) is 13.0 Å². The fraction of sp³-hybridized carbons (Fsp3) is 0.500. The number of aryl methyl sites for hydroxylation is 1. The maximum Gasteiger partial charge on any atom is 0.213 e. The largest absolute Gasteiger partial charge is 0.478 e. The van der Waals surface area contributed by atoms with Crippen LogP contribution in [0.3, 0.4) is 0 Å². The van der Waals surface area contributed by atoms with Gasteiger partial charge in [0.2, 0.25) is 5.88 Å². The lowest BCUT2D eigenvalue weighted by molar-refractivity contribution is 0.197. The zero-order valence-corrected chi connectivity index (χ0v) is 8.24. The molecule has 1 atom stereocenters. The fourth-order valence-electron chi connectivity index (χ4n) is 1.22. The monoisotopic (exact) mass is 181 g/mol. The molecule has 13 heavy (non-hydrogen) atoms. The second-order valence-corrected chi connectivity index (χ2v) is 2.93. The van der Waals surface area contributed by atoms with Crippen molar-refractivity contribution in [1.29, 1.82) is 0 Å². The lowest BCUT2D eigenvalue weighted by Crippen LogP contribution is -2.00. The molecule has 0 unspecified atom stereocenters. The Morgan fingerprint density at radius 3 is 2.69 bits per heavy atom. The van der Waals surface area contributed by atoms with Gasteiger partial charge >= 0.3 is 0 Å². The molecule has 0 bridgehead atoms. The van der Waals surface area contributed by atoms with Crippen molar-refractivity contribution in [1.82, 2.24) is 4.98 Å². The molecule has 1 N–H and O–H groups in total. The van der Waals surface area contributed by atoms with E-state index in [1.807, 2.05) is 19.9 Å². The average Bonchev–Trinajstić information content (AvgIpc) is 2.04. The van der Waals surface area contributed by atoms with Gasteiger partial charge in [-0.05, 0) is 26.8 Å². The summed E-state index contributed by atoms with van der Waals surface area (Å²) in [6.07, 6.45) is -0.469. The highest BCUT2D eigenvalue weighted by molar-refractivity contribution is 5.26. The van der Waals surface area contributed by atoms with Crippen LogP contribution in [0.4, 0.5) is 0 Å². The zero-order chi connectivity index (χ0) is 9.84. The van der Waals surface area contributed by atoms with Crippen molar-refractivity contribution in [3.63, 3.8) is 0 Å². The molecule has 0 radical (unpaired) electrons. The second-order valence-electron chi connectivity index (χ2n) is 2.93.